The summed E-state index contributed by atoms with van der Waals surface area (Å²) in [7, 11) is -1.80. The van der Waals surface area contributed by atoms with Crippen molar-refractivity contribution in [2.24, 2.45) is 5.73 Å². The molecule has 0 aliphatic carbocycles. The van der Waals surface area contributed by atoms with Crippen LogP contribution in [0.25, 0.3) is 0 Å². The molecule has 118 valence electrons. The lowest BCUT2D eigenvalue weighted by molar-refractivity contribution is 0.182. The largest absolute Gasteiger partial charge is 0.329 e. The molecule has 1 saturated heterocycles. The molecular formula is C14H22FN3O2S. The van der Waals surface area contributed by atoms with E-state index in [1.807, 2.05) is 7.05 Å². The zero-order valence-electron chi connectivity index (χ0n) is 12.4. The average molecular weight is 315 g/mol. The predicted molar refractivity (Wildman–Crippen MR) is 80.0 cm³/mol. The lowest BCUT2D eigenvalue weighted by Gasteiger charge is -2.40. The first kappa shape index (κ1) is 16.4. The van der Waals surface area contributed by atoms with E-state index in [4.69, 9.17) is 5.73 Å². The summed E-state index contributed by atoms with van der Waals surface area (Å²) in [5.41, 5.74) is 5.69. The van der Waals surface area contributed by atoms with E-state index in [9.17, 15) is 12.8 Å². The van der Waals surface area contributed by atoms with E-state index in [0.717, 1.165) is 19.2 Å². The number of aryl methyl sites for hydroxylation is 1. The molecule has 1 fully saturated rings. The first-order valence-electron chi connectivity index (χ1n) is 6.97. The van der Waals surface area contributed by atoms with Gasteiger partial charge in [0, 0.05) is 12.1 Å². The van der Waals surface area contributed by atoms with Gasteiger partial charge in [0.05, 0.1) is 4.90 Å². The summed E-state index contributed by atoms with van der Waals surface area (Å²) in [4.78, 5) is 2.12. The second-order valence-corrected chi connectivity index (χ2v) is 7.45. The SMILES string of the molecule is Cc1ccc(F)cc1S(=O)(=O)NC1(CN)CCN(C)CC1. The minimum atomic E-state index is -3.79. The third-order valence-electron chi connectivity index (χ3n) is 4.13. The molecule has 3 N–H and O–H groups in total. The van der Waals surface area contributed by atoms with E-state index in [1.165, 1.54) is 12.1 Å². The Balaban J connectivity index is 2.29. The highest BCUT2D eigenvalue weighted by Gasteiger charge is 2.37. The summed E-state index contributed by atoms with van der Waals surface area (Å²) in [6, 6.07) is 3.77. The molecule has 0 radical (unpaired) electrons. The Bertz CT molecular complexity index is 611. The van der Waals surface area contributed by atoms with Gasteiger partial charge in [0.25, 0.3) is 0 Å². The maximum absolute atomic E-state index is 13.4. The number of sulfonamides is 1. The smallest absolute Gasteiger partial charge is 0.241 e. The van der Waals surface area contributed by atoms with Gasteiger partial charge in [-0.3, -0.25) is 0 Å². The predicted octanol–water partition coefficient (Wildman–Crippen LogP) is 0.836. The summed E-state index contributed by atoms with van der Waals surface area (Å²) in [6.45, 7) is 3.44. The Morgan fingerprint density at radius 2 is 2.00 bits per heavy atom. The number of benzene rings is 1. The fraction of sp³-hybridized carbons (Fsp3) is 0.571. The third-order valence-corrected chi connectivity index (χ3v) is 5.85. The maximum Gasteiger partial charge on any atom is 0.241 e. The van der Waals surface area contributed by atoms with Crippen molar-refractivity contribution in [3.05, 3.63) is 29.6 Å². The molecule has 1 aromatic carbocycles. The van der Waals surface area contributed by atoms with Crippen molar-refractivity contribution in [2.75, 3.05) is 26.7 Å². The number of likely N-dealkylation sites (tertiary alicyclic amines) is 1. The monoisotopic (exact) mass is 315 g/mol. The van der Waals surface area contributed by atoms with Crippen molar-refractivity contribution >= 4 is 10.0 Å². The molecule has 0 spiro atoms. The van der Waals surface area contributed by atoms with Crippen LogP contribution >= 0.6 is 0 Å². The van der Waals surface area contributed by atoms with Crippen LogP contribution < -0.4 is 10.5 Å². The van der Waals surface area contributed by atoms with Crippen LogP contribution in [0.3, 0.4) is 0 Å². The molecule has 5 nitrogen and oxygen atoms in total. The number of halogens is 1. The standard InChI is InChI=1S/C14H22FN3O2S/c1-11-3-4-12(15)9-13(11)21(19,20)17-14(10-16)5-7-18(2)8-6-14/h3-4,9,17H,5-8,10,16H2,1-2H3. The molecule has 0 unspecified atom stereocenters. The van der Waals surface area contributed by atoms with Crippen LogP contribution in [0, 0.1) is 12.7 Å². The van der Waals surface area contributed by atoms with Gasteiger partial charge in [0.1, 0.15) is 5.82 Å². The molecule has 1 heterocycles. The van der Waals surface area contributed by atoms with E-state index < -0.39 is 21.4 Å². The van der Waals surface area contributed by atoms with Gasteiger partial charge < -0.3 is 10.6 Å². The number of piperidine rings is 1. The van der Waals surface area contributed by atoms with Crippen LogP contribution in [0.15, 0.2) is 23.1 Å². The molecule has 21 heavy (non-hydrogen) atoms. The molecular weight excluding hydrogens is 293 g/mol. The number of hydrogen-bond acceptors (Lipinski definition) is 4. The fourth-order valence-electron chi connectivity index (χ4n) is 2.60. The van der Waals surface area contributed by atoms with Crippen LogP contribution in [0.1, 0.15) is 18.4 Å². The summed E-state index contributed by atoms with van der Waals surface area (Å²) < 4.78 is 41.2. The number of nitrogens with one attached hydrogen (secondary N) is 1. The van der Waals surface area contributed by atoms with Gasteiger partial charge in [-0.15, -0.1) is 0 Å². The number of hydrogen-bond donors (Lipinski definition) is 2. The molecule has 1 aliphatic heterocycles. The average Bonchev–Trinajstić information content (AvgIpc) is 2.44. The first-order valence-corrected chi connectivity index (χ1v) is 8.45. The van der Waals surface area contributed by atoms with Gasteiger partial charge in [-0.2, -0.15) is 0 Å². The molecule has 7 heteroatoms. The molecule has 0 saturated carbocycles. The van der Waals surface area contributed by atoms with Gasteiger partial charge in [-0.25, -0.2) is 17.5 Å². The topological polar surface area (TPSA) is 75.4 Å². The summed E-state index contributed by atoms with van der Waals surface area (Å²) in [6.07, 6.45) is 1.29. The van der Waals surface area contributed by atoms with Gasteiger partial charge in [0.15, 0.2) is 0 Å². The van der Waals surface area contributed by atoms with E-state index in [2.05, 4.69) is 9.62 Å². The Kier molecular flexibility index (Phi) is 4.67. The number of rotatable bonds is 4. The summed E-state index contributed by atoms with van der Waals surface area (Å²) in [5, 5.41) is 0. The number of nitrogens with zero attached hydrogens (tertiary/aromatic N) is 1. The van der Waals surface area contributed by atoms with Crippen LogP contribution in [0.4, 0.5) is 4.39 Å². The maximum atomic E-state index is 13.4. The zero-order chi connectivity index (χ0) is 15.7. The first-order chi connectivity index (χ1) is 9.78. The van der Waals surface area contributed by atoms with E-state index in [1.54, 1.807) is 6.92 Å². The molecule has 0 bridgehead atoms. The van der Waals surface area contributed by atoms with Crippen LogP contribution in [0.2, 0.25) is 0 Å². The lowest BCUT2D eigenvalue weighted by Crippen LogP contribution is -2.58. The van der Waals surface area contributed by atoms with Crippen molar-refractivity contribution < 1.29 is 12.8 Å². The van der Waals surface area contributed by atoms with E-state index in [-0.39, 0.29) is 11.4 Å². The molecule has 2 rings (SSSR count). The van der Waals surface area contributed by atoms with Crippen molar-refractivity contribution in [3.8, 4) is 0 Å². The normalized spacial score (nSPS) is 19.6. The minimum Gasteiger partial charge on any atom is -0.329 e. The van der Waals surface area contributed by atoms with Crippen LogP contribution in [-0.4, -0.2) is 45.5 Å². The lowest BCUT2D eigenvalue weighted by atomic mass is 9.89. The summed E-state index contributed by atoms with van der Waals surface area (Å²) >= 11 is 0. The fourth-order valence-corrected chi connectivity index (χ4v) is 4.32. The second-order valence-electron chi connectivity index (χ2n) is 5.80. The highest BCUT2D eigenvalue weighted by molar-refractivity contribution is 7.89. The van der Waals surface area contributed by atoms with Gasteiger partial charge in [-0.1, -0.05) is 6.07 Å². The van der Waals surface area contributed by atoms with Gasteiger partial charge >= 0.3 is 0 Å². The van der Waals surface area contributed by atoms with Gasteiger partial charge in [-0.05, 0) is 57.6 Å². The Hall–Kier alpha value is -1.02. The molecule has 1 aliphatic rings. The Morgan fingerprint density at radius 3 is 2.57 bits per heavy atom. The van der Waals surface area contributed by atoms with Crippen molar-refractivity contribution in [1.29, 1.82) is 0 Å². The highest BCUT2D eigenvalue weighted by atomic mass is 32.2. The van der Waals surface area contributed by atoms with Crippen molar-refractivity contribution in [2.45, 2.75) is 30.2 Å². The van der Waals surface area contributed by atoms with Crippen molar-refractivity contribution in [3.63, 3.8) is 0 Å². The Labute approximate surface area is 125 Å². The van der Waals surface area contributed by atoms with Crippen LogP contribution in [-0.2, 0) is 10.0 Å². The second kappa shape index (κ2) is 6.00. The Morgan fingerprint density at radius 1 is 1.38 bits per heavy atom. The zero-order valence-corrected chi connectivity index (χ0v) is 13.2. The third kappa shape index (κ3) is 3.60. The minimum absolute atomic E-state index is 0.0192. The van der Waals surface area contributed by atoms with Crippen LogP contribution in [0.5, 0.6) is 0 Å². The number of nitrogens with two attached hydrogens (primary N) is 1. The van der Waals surface area contributed by atoms with Gasteiger partial charge in [0.2, 0.25) is 10.0 Å². The molecule has 0 amide bonds. The molecule has 1 aromatic rings. The quantitative estimate of drug-likeness (QED) is 0.863. The van der Waals surface area contributed by atoms with Crippen molar-refractivity contribution in [1.82, 2.24) is 9.62 Å². The molecule has 0 atom stereocenters. The summed E-state index contributed by atoms with van der Waals surface area (Å²) in [5.74, 6) is -0.564. The molecule has 0 aromatic heterocycles. The van der Waals surface area contributed by atoms with E-state index in [0.29, 0.717) is 18.4 Å². The van der Waals surface area contributed by atoms with E-state index >= 15 is 0 Å². The highest BCUT2D eigenvalue weighted by Crippen LogP contribution is 2.25.